The smallest absolute Gasteiger partial charge is 0.191 e. The Morgan fingerprint density at radius 1 is 1.08 bits per heavy atom. The van der Waals surface area contributed by atoms with Crippen molar-refractivity contribution < 1.29 is 4.74 Å². The van der Waals surface area contributed by atoms with Crippen LogP contribution in [-0.4, -0.2) is 75.2 Å². The van der Waals surface area contributed by atoms with Crippen LogP contribution in [0.3, 0.4) is 0 Å². The fourth-order valence-corrected chi connectivity index (χ4v) is 3.00. The molecule has 26 heavy (non-hydrogen) atoms. The molecule has 0 atom stereocenters. The summed E-state index contributed by atoms with van der Waals surface area (Å²) >= 11 is 0. The fourth-order valence-electron chi connectivity index (χ4n) is 3.00. The third-order valence-electron chi connectivity index (χ3n) is 4.58. The van der Waals surface area contributed by atoms with Crippen molar-refractivity contribution in [1.82, 2.24) is 20.4 Å². The van der Waals surface area contributed by atoms with Crippen molar-refractivity contribution in [2.24, 2.45) is 4.99 Å². The van der Waals surface area contributed by atoms with E-state index in [1.807, 2.05) is 18.2 Å². The normalized spacial score (nSPS) is 16.0. The molecule has 148 valence electrons. The molecule has 0 saturated carbocycles. The van der Waals surface area contributed by atoms with E-state index >= 15 is 0 Å². The lowest BCUT2D eigenvalue weighted by molar-refractivity contribution is 0.139. The summed E-state index contributed by atoms with van der Waals surface area (Å²) in [7, 11) is 1.70. The summed E-state index contributed by atoms with van der Waals surface area (Å²) < 4.78 is 5.40. The molecule has 6 nitrogen and oxygen atoms in total. The summed E-state index contributed by atoms with van der Waals surface area (Å²) in [5.41, 5.74) is 1.10. The van der Waals surface area contributed by atoms with Crippen LogP contribution in [0, 0.1) is 0 Å². The van der Waals surface area contributed by atoms with Gasteiger partial charge in [-0.2, -0.15) is 0 Å². The lowest BCUT2D eigenvalue weighted by atomic mass is 10.2. The molecule has 7 heteroatoms. The highest BCUT2D eigenvalue weighted by molar-refractivity contribution is 14.0. The average molecular weight is 475 g/mol. The van der Waals surface area contributed by atoms with E-state index in [0.29, 0.717) is 6.54 Å². The number of nitrogens with zero attached hydrogens (tertiary/aromatic N) is 3. The molecule has 2 rings (SSSR count). The van der Waals surface area contributed by atoms with Crippen molar-refractivity contribution in [2.45, 2.75) is 20.4 Å². The van der Waals surface area contributed by atoms with Crippen LogP contribution in [0.15, 0.2) is 29.3 Å². The van der Waals surface area contributed by atoms with Gasteiger partial charge in [-0.3, -0.25) is 4.90 Å². The van der Waals surface area contributed by atoms with Crippen molar-refractivity contribution in [3.63, 3.8) is 0 Å². The molecule has 1 saturated heterocycles. The molecular weight excluding hydrogens is 441 g/mol. The number of piperazine rings is 1. The molecule has 1 aromatic carbocycles. The van der Waals surface area contributed by atoms with E-state index < -0.39 is 0 Å². The second kappa shape index (κ2) is 13.2. The van der Waals surface area contributed by atoms with Crippen molar-refractivity contribution >= 4 is 29.9 Å². The first kappa shape index (κ1) is 23.0. The predicted molar refractivity (Wildman–Crippen MR) is 120 cm³/mol. The Balaban J connectivity index is 0.00000338. The van der Waals surface area contributed by atoms with E-state index in [-0.39, 0.29) is 24.0 Å². The van der Waals surface area contributed by atoms with Gasteiger partial charge < -0.3 is 20.3 Å². The summed E-state index contributed by atoms with van der Waals surface area (Å²) in [5, 5.41) is 6.76. The number of para-hydroxylation sites is 1. The molecule has 0 bridgehead atoms. The number of hydrogen-bond acceptors (Lipinski definition) is 4. The molecule has 1 heterocycles. The highest BCUT2D eigenvalue weighted by Crippen LogP contribution is 2.17. The number of methoxy groups -OCH3 is 1. The highest BCUT2D eigenvalue weighted by atomic mass is 127. The second-order valence-corrected chi connectivity index (χ2v) is 6.21. The van der Waals surface area contributed by atoms with Gasteiger partial charge >= 0.3 is 0 Å². The zero-order valence-corrected chi connectivity index (χ0v) is 18.7. The number of nitrogens with one attached hydrogen (secondary N) is 2. The molecule has 0 radical (unpaired) electrons. The van der Waals surface area contributed by atoms with Crippen LogP contribution < -0.4 is 15.4 Å². The van der Waals surface area contributed by atoms with Gasteiger partial charge in [0.15, 0.2) is 5.96 Å². The van der Waals surface area contributed by atoms with Crippen LogP contribution >= 0.6 is 24.0 Å². The summed E-state index contributed by atoms with van der Waals surface area (Å²) in [6.45, 7) is 13.6. The maximum atomic E-state index is 5.40. The number of rotatable bonds is 8. The van der Waals surface area contributed by atoms with E-state index in [1.54, 1.807) is 7.11 Å². The van der Waals surface area contributed by atoms with Crippen LogP contribution in [0.5, 0.6) is 5.75 Å². The molecule has 1 aliphatic rings. The average Bonchev–Trinajstić information content (AvgIpc) is 2.66. The van der Waals surface area contributed by atoms with Gasteiger partial charge in [0.2, 0.25) is 0 Å². The van der Waals surface area contributed by atoms with E-state index in [4.69, 9.17) is 4.74 Å². The van der Waals surface area contributed by atoms with E-state index in [0.717, 1.165) is 56.5 Å². The summed E-state index contributed by atoms with van der Waals surface area (Å²) in [5.74, 6) is 1.75. The van der Waals surface area contributed by atoms with Gasteiger partial charge in [0, 0.05) is 51.4 Å². The Kier molecular flexibility index (Phi) is 11.6. The first-order valence-corrected chi connectivity index (χ1v) is 9.35. The molecular formula is C19H34IN5O. The second-order valence-electron chi connectivity index (χ2n) is 6.21. The molecule has 0 aliphatic carbocycles. The van der Waals surface area contributed by atoms with Crippen LogP contribution in [0.2, 0.25) is 0 Å². The monoisotopic (exact) mass is 475 g/mol. The van der Waals surface area contributed by atoms with Gasteiger partial charge in [-0.05, 0) is 19.5 Å². The molecule has 0 unspecified atom stereocenters. The van der Waals surface area contributed by atoms with Crippen LogP contribution in [0.1, 0.15) is 19.4 Å². The van der Waals surface area contributed by atoms with Crippen molar-refractivity contribution in [3.05, 3.63) is 29.8 Å². The summed E-state index contributed by atoms with van der Waals surface area (Å²) in [6, 6.07) is 8.03. The van der Waals surface area contributed by atoms with Crippen LogP contribution in [0.25, 0.3) is 0 Å². The zero-order chi connectivity index (χ0) is 17.9. The van der Waals surface area contributed by atoms with Crippen molar-refractivity contribution in [1.29, 1.82) is 0 Å². The molecule has 0 spiro atoms. The maximum Gasteiger partial charge on any atom is 0.191 e. The van der Waals surface area contributed by atoms with Crippen molar-refractivity contribution in [2.75, 3.05) is 59.5 Å². The SMILES string of the molecule is CCNC(=NCc1ccccc1OC)NCCN1CCN(CC)CC1.I. The first-order chi connectivity index (χ1) is 12.3. The summed E-state index contributed by atoms with van der Waals surface area (Å²) in [6.07, 6.45) is 0. The molecule has 0 aromatic heterocycles. The van der Waals surface area contributed by atoms with E-state index in [1.165, 1.54) is 13.1 Å². The molecule has 1 aliphatic heterocycles. The number of guanidine groups is 1. The largest absolute Gasteiger partial charge is 0.496 e. The molecule has 2 N–H and O–H groups in total. The lowest BCUT2D eigenvalue weighted by Gasteiger charge is -2.34. The minimum absolute atomic E-state index is 0. The van der Waals surface area contributed by atoms with E-state index in [2.05, 4.69) is 45.3 Å². The van der Waals surface area contributed by atoms with Gasteiger partial charge in [-0.15, -0.1) is 24.0 Å². The number of benzene rings is 1. The number of likely N-dealkylation sites (N-methyl/N-ethyl adjacent to an activating group) is 1. The van der Waals surface area contributed by atoms with E-state index in [9.17, 15) is 0 Å². The van der Waals surface area contributed by atoms with Gasteiger partial charge in [0.25, 0.3) is 0 Å². The molecule has 1 fully saturated rings. The maximum absolute atomic E-state index is 5.40. The van der Waals surface area contributed by atoms with Gasteiger partial charge in [-0.25, -0.2) is 4.99 Å². The Bertz CT molecular complexity index is 532. The van der Waals surface area contributed by atoms with Gasteiger partial charge in [0.05, 0.1) is 13.7 Å². The minimum atomic E-state index is 0. The number of hydrogen-bond donors (Lipinski definition) is 2. The quantitative estimate of drug-likeness (QED) is 0.342. The van der Waals surface area contributed by atoms with Crippen LogP contribution in [0.4, 0.5) is 0 Å². The van der Waals surface area contributed by atoms with Crippen LogP contribution in [-0.2, 0) is 6.54 Å². The highest BCUT2D eigenvalue weighted by Gasteiger charge is 2.14. The molecule has 1 aromatic rings. The molecule has 0 amide bonds. The fraction of sp³-hybridized carbons (Fsp3) is 0.632. The number of aliphatic imine (C=N–C) groups is 1. The third-order valence-corrected chi connectivity index (χ3v) is 4.58. The number of halogens is 1. The standard InChI is InChI=1S/C19H33N5O.HI/c1-4-20-19(22-16-17-8-6-7-9-18(17)25-3)21-10-11-24-14-12-23(5-2)13-15-24;/h6-9H,4-5,10-16H2,1-3H3,(H2,20,21,22);1H. The Hall–Kier alpha value is -1.06. The van der Waals surface area contributed by atoms with Gasteiger partial charge in [0.1, 0.15) is 5.75 Å². The Labute approximate surface area is 175 Å². The van der Waals surface area contributed by atoms with Gasteiger partial charge in [-0.1, -0.05) is 25.1 Å². The third kappa shape index (κ3) is 7.67. The zero-order valence-electron chi connectivity index (χ0n) is 16.3. The minimum Gasteiger partial charge on any atom is -0.496 e. The Morgan fingerprint density at radius 3 is 2.42 bits per heavy atom. The first-order valence-electron chi connectivity index (χ1n) is 9.35. The van der Waals surface area contributed by atoms with Crippen molar-refractivity contribution in [3.8, 4) is 5.75 Å². The number of ether oxygens (including phenoxy) is 1. The lowest BCUT2D eigenvalue weighted by Crippen LogP contribution is -2.49. The Morgan fingerprint density at radius 2 is 1.77 bits per heavy atom. The predicted octanol–water partition coefficient (Wildman–Crippen LogP) is 2.01. The topological polar surface area (TPSA) is 52.1 Å². The summed E-state index contributed by atoms with van der Waals surface area (Å²) in [4.78, 5) is 9.71.